The smallest absolute Gasteiger partial charge is 0.165 e. The molecular formula is C17H20FN5O2. The number of nitrogens with one attached hydrogen (secondary N) is 1. The van der Waals surface area contributed by atoms with E-state index >= 15 is 0 Å². The van der Waals surface area contributed by atoms with E-state index in [0.29, 0.717) is 19.0 Å². The fourth-order valence-corrected chi connectivity index (χ4v) is 3.40. The van der Waals surface area contributed by atoms with Crippen LogP contribution in [0.2, 0.25) is 0 Å². The number of rotatable bonds is 5. The van der Waals surface area contributed by atoms with Gasteiger partial charge in [-0.3, -0.25) is 0 Å². The van der Waals surface area contributed by atoms with E-state index in [1.165, 1.54) is 13.2 Å². The first-order chi connectivity index (χ1) is 12.2. The van der Waals surface area contributed by atoms with Crippen molar-refractivity contribution in [3.05, 3.63) is 41.7 Å². The standard InChI is InChI=1S/C17H20FN5O2/c1-10-5-15(17-20-9-21-23(10)17)19-8-12-7-14(22-25-12)11-3-4-16(24-2)13(18)6-11/h3-4,6,9-10,12,15,19H,5,7-8H2,1-2H3. The Morgan fingerprint density at radius 3 is 3.12 bits per heavy atom. The molecule has 3 unspecified atom stereocenters. The number of oxime groups is 1. The Morgan fingerprint density at radius 2 is 2.32 bits per heavy atom. The van der Waals surface area contributed by atoms with Crippen molar-refractivity contribution >= 4 is 5.71 Å². The number of hydrogen-bond acceptors (Lipinski definition) is 6. The van der Waals surface area contributed by atoms with Crippen molar-refractivity contribution in [2.45, 2.75) is 38.0 Å². The molecule has 132 valence electrons. The molecule has 1 aromatic carbocycles. The lowest BCUT2D eigenvalue weighted by molar-refractivity contribution is 0.0825. The van der Waals surface area contributed by atoms with Crippen molar-refractivity contribution in [1.82, 2.24) is 20.1 Å². The Kier molecular flexibility index (Phi) is 4.12. The Bertz CT molecular complexity index is 806. The van der Waals surface area contributed by atoms with E-state index in [1.807, 2.05) is 4.68 Å². The van der Waals surface area contributed by atoms with E-state index in [9.17, 15) is 4.39 Å². The highest BCUT2D eigenvalue weighted by atomic mass is 19.1. The number of halogens is 1. The largest absolute Gasteiger partial charge is 0.494 e. The van der Waals surface area contributed by atoms with Gasteiger partial charge in [-0.1, -0.05) is 5.16 Å². The molecule has 3 atom stereocenters. The molecule has 4 rings (SSSR count). The quantitative estimate of drug-likeness (QED) is 0.899. The summed E-state index contributed by atoms with van der Waals surface area (Å²) in [7, 11) is 1.45. The van der Waals surface area contributed by atoms with Crippen LogP contribution in [0.3, 0.4) is 0 Å². The maximum Gasteiger partial charge on any atom is 0.165 e. The fraction of sp³-hybridized carbons (Fsp3) is 0.471. The number of ether oxygens (including phenoxy) is 1. The van der Waals surface area contributed by atoms with E-state index in [-0.39, 0.29) is 17.9 Å². The van der Waals surface area contributed by atoms with Gasteiger partial charge in [-0.05, 0) is 31.5 Å². The van der Waals surface area contributed by atoms with Gasteiger partial charge in [-0.25, -0.2) is 14.1 Å². The number of benzene rings is 1. The van der Waals surface area contributed by atoms with Crippen LogP contribution in [-0.2, 0) is 4.84 Å². The van der Waals surface area contributed by atoms with Crippen LogP contribution in [0.5, 0.6) is 5.75 Å². The average molecular weight is 345 g/mol. The average Bonchev–Trinajstić information content (AvgIpc) is 3.32. The molecule has 0 saturated heterocycles. The second-order valence-corrected chi connectivity index (χ2v) is 6.43. The molecule has 3 heterocycles. The summed E-state index contributed by atoms with van der Waals surface area (Å²) in [6.07, 6.45) is 3.10. The molecule has 2 aromatic rings. The van der Waals surface area contributed by atoms with Crippen molar-refractivity contribution in [3.8, 4) is 5.75 Å². The summed E-state index contributed by atoms with van der Waals surface area (Å²) < 4.78 is 20.7. The van der Waals surface area contributed by atoms with Gasteiger partial charge in [0.15, 0.2) is 11.6 Å². The van der Waals surface area contributed by atoms with Crippen LogP contribution in [0.1, 0.15) is 43.2 Å². The van der Waals surface area contributed by atoms with Crippen LogP contribution in [0, 0.1) is 5.82 Å². The van der Waals surface area contributed by atoms with Crippen LogP contribution in [-0.4, -0.2) is 40.2 Å². The highest BCUT2D eigenvalue weighted by Gasteiger charge is 2.31. The summed E-state index contributed by atoms with van der Waals surface area (Å²) >= 11 is 0. The number of fused-ring (bicyclic) bond motifs is 1. The molecule has 25 heavy (non-hydrogen) atoms. The molecule has 2 aliphatic heterocycles. The predicted molar refractivity (Wildman–Crippen MR) is 89.1 cm³/mol. The molecule has 0 bridgehead atoms. The number of hydrogen-bond donors (Lipinski definition) is 1. The lowest BCUT2D eigenvalue weighted by Gasteiger charge is -2.14. The lowest BCUT2D eigenvalue weighted by Crippen LogP contribution is -2.30. The molecule has 0 radical (unpaired) electrons. The molecule has 0 saturated carbocycles. The van der Waals surface area contributed by atoms with Gasteiger partial charge in [0, 0.05) is 18.5 Å². The second kappa shape index (κ2) is 6.44. The van der Waals surface area contributed by atoms with Crippen molar-refractivity contribution in [2.75, 3.05) is 13.7 Å². The molecule has 0 aliphatic carbocycles. The highest BCUT2D eigenvalue weighted by Crippen LogP contribution is 2.31. The molecule has 0 amide bonds. The van der Waals surface area contributed by atoms with E-state index < -0.39 is 5.82 Å². The molecule has 0 fully saturated rings. The van der Waals surface area contributed by atoms with Crippen LogP contribution < -0.4 is 10.1 Å². The molecular weight excluding hydrogens is 325 g/mol. The van der Waals surface area contributed by atoms with Crippen LogP contribution in [0.4, 0.5) is 4.39 Å². The van der Waals surface area contributed by atoms with Gasteiger partial charge < -0.3 is 14.9 Å². The Hall–Kier alpha value is -2.48. The van der Waals surface area contributed by atoms with E-state index in [2.05, 4.69) is 27.5 Å². The fourth-order valence-electron chi connectivity index (χ4n) is 3.40. The topological polar surface area (TPSA) is 73.6 Å². The minimum atomic E-state index is -0.399. The SMILES string of the molecule is COc1ccc(C2=NOC(CNC3CC(C)n4ncnc43)C2)cc1F. The first-order valence-electron chi connectivity index (χ1n) is 8.35. The zero-order chi connectivity index (χ0) is 17.4. The normalized spacial score (nSPS) is 24.8. The summed E-state index contributed by atoms with van der Waals surface area (Å²) in [6, 6.07) is 5.34. The van der Waals surface area contributed by atoms with Crippen molar-refractivity contribution in [3.63, 3.8) is 0 Å². The summed E-state index contributed by atoms with van der Waals surface area (Å²) in [6.45, 7) is 2.78. The van der Waals surface area contributed by atoms with Crippen molar-refractivity contribution in [2.24, 2.45) is 5.16 Å². The minimum Gasteiger partial charge on any atom is -0.494 e. The van der Waals surface area contributed by atoms with Gasteiger partial charge >= 0.3 is 0 Å². The number of methoxy groups -OCH3 is 1. The van der Waals surface area contributed by atoms with Crippen LogP contribution >= 0.6 is 0 Å². The first kappa shape index (κ1) is 16.0. The zero-order valence-corrected chi connectivity index (χ0v) is 14.1. The third kappa shape index (κ3) is 2.97. The van der Waals surface area contributed by atoms with Crippen LogP contribution in [0.25, 0.3) is 0 Å². The minimum absolute atomic E-state index is 0.0764. The second-order valence-electron chi connectivity index (χ2n) is 6.43. The van der Waals surface area contributed by atoms with Gasteiger partial charge in [-0.15, -0.1) is 0 Å². The van der Waals surface area contributed by atoms with Gasteiger partial charge in [0.05, 0.1) is 24.9 Å². The van der Waals surface area contributed by atoms with Gasteiger partial charge in [0.25, 0.3) is 0 Å². The first-order valence-corrected chi connectivity index (χ1v) is 8.35. The number of aromatic nitrogens is 3. The lowest BCUT2D eigenvalue weighted by atomic mass is 10.0. The summed E-state index contributed by atoms with van der Waals surface area (Å²) in [5.41, 5.74) is 1.46. The monoisotopic (exact) mass is 345 g/mol. The van der Waals surface area contributed by atoms with E-state index in [4.69, 9.17) is 9.57 Å². The Morgan fingerprint density at radius 1 is 1.44 bits per heavy atom. The molecule has 1 aromatic heterocycles. The molecule has 0 spiro atoms. The maximum absolute atomic E-state index is 13.9. The third-order valence-corrected chi connectivity index (χ3v) is 4.72. The van der Waals surface area contributed by atoms with Gasteiger partial charge in [0.1, 0.15) is 18.3 Å². The maximum atomic E-state index is 13.9. The van der Waals surface area contributed by atoms with Gasteiger partial charge in [-0.2, -0.15) is 5.10 Å². The van der Waals surface area contributed by atoms with E-state index in [1.54, 1.807) is 18.5 Å². The Balaban J connectivity index is 1.35. The summed E-state index contributed by atoms with van der Waals surface area (Å²) in [4.78, 5) is 9.83. The third-order valence-electron chi connectivity index (χ3n) is 4.72. The van der Waals surface area contributed by atoms with Gasteiger partial charge in [0.2, 0.25) is 0 Å². The highest BCUT2D eigenvalue weighted by molar-refractivity contribution is 6.01. The predicted octanol–water partition coefficient (Wildman–Crippen LogP) is 2.21. The van der Waals surface area contributed by atoms with Crippen molar-refractivity contribution < 1.29 is 14.0 Å². The summed E-state index contributed by atoms with van der Waals surface area (Å²) in [5, 5.41) is 11.8. The Labute approximate surface area is 144 Å². The molecule has 1 N–H and O–H groups in total. The van der Waals surface area contributed by atoms with Crippen molar-refractivity contribution in [1.29, 1.82) is 0 Å². The molecule has 8 heteroatoms. The van der Waals surface area contributed by atoms with E-state index in [0.717, 1.165) is 23.5 Å². The molecule has 2 aliphatic rings. The zero-order valence-electron chi connectivity index (χ0n) is 14.1. The number of nitrogens with zero attached hydrogens (tertiary/aromatic N) is 4. The van der Waals surface area contributed by atoms with Crippen LogP contribution in [0.15, 0.2) is 29.7 Å². The summed E-state index contributed by atoms with van der Waals surface area (Å²) in [5.74, 6) is 0.786. The molecule has 7 nitrogen and oxygen atoms in total.